The van der Waals surface area contributed by atoms with Gasteiger partial charge < -0.3 is 0 Å². The molecule has 4 fully saturated rings. The van der Waals surface area contributed by atoms with Crippen molar-refractivity contribution < 1.29 is 9.18 Å². The number of ketones is 1. The summed E-state index contributed by atoms with van der Waals surface area (Å²) in [6.07, 6.45) is 6.71. The van der Waals surface area contributed by atoms with Crippen molar-refractivity contribution >= 4 is 17.4 Å². The van der Waals surface area contributed by atoms with E-state index in [2.05, 4.69) is 6.92 Å². The van der Waals surface area contributed by atoms with Crippen LogP contribution in [0.4, 0.5) is 4.39 Å². The minimum Gasteiger partial charge on any atom is -0.293 e. The van der Waals surface area contributed by atoms with E-state index in [0.29, 0.717) is 27.8 Å². The minimum atomic E-state index is -0.376. The molecule has 0 radical (unpaired) electrons. The molecular weight excluding hydrogens is 287 g/mol. The van der Waals surface area contributed by atoms with Gasteiger partial charge in [-0.25, -0.2) is 4.39 Å². The van der Waals surface area contributed by atoms with Crippen LogP contribution in [-0.2, 0) is 0 Å². The highest BCUT2D eigenvalue weighted by Gasteiger charge is 2.58. The molecule has 4 bridgehead atoms. The van der Waals surface area contributed by atoms with Crippen molar-refractivity contribution in [3.8, 4) is 0 Å². The van der Waals surface area contributed by atoms with E-state index in [-0.39, 0.29) is 17.0 Å². The molecule has 21 heavy (non-hydrogen) atoms. The quantitative estimate of drug-likeness (QED) is 0.680. The van der Waals surface area contributed by atoms with Crippen molar-refractivity contribution in [2.24, 2.45) is 22.7 Å². The predicted octanol–water partition coefficient (Wildman–Crippen LogP) is 5.27. The number of hydrogen-bond donors (Lipinski definition) is 0. The first-order chi connectivity index (χ1) is 9.89. The smallest absolute Gasteiger partial charge is 0.170 e. The first-order valence-corrected chi connectivity index (χ1v) is 8.27. The molecule has 5 rings (SSSR count). The van der Waals surface area contributed by atoms with Gasteiger partial charge in [0.1, 0.15) is 5.82 Å². The summed E-state index contributed by atoms with van der Waals surface area (Å²) in [4.78, 5) is 13.2. The lowest BCUT2D eigenvalue weighted by Crippen LogP contribution is -2.54. The number of rotatable bonds is 2. The lowest BCUT2D eigenvalue weighted by Gasteiger charge is -2.60. The highest BCUT2D eigenvalue weighted by Crippen LogP contribution is 2.65. The Labute approximate surface area is 129 Å². The Balaban J connectivity index is 1.75. The molecule has 1 aromatic rings. The molecule has 4 aliphatic carbocycles. The Bertz CT molecular complexity index is 610. The molecule has 0 N–H and O–H groups in total. The van der Waals surface area contributed by atoms with Crippen molar-refractivity contribution in [3.63, 3.8) is 0 Å². The maximum Gasteiger partial charge on any atom is 0.170 e. The Morgan fingerprint density at radius 1 is 1.24 bits per heavy atom. The van der Waals surface area contributed by atoms with Gasteiger partial charge in [-0.15, -0.1) is 0 Å². The lowest BCUT2D eigenvalue weighted by molar-refractivity contribution is -0.0820. The van der Waals surface area contributed by atoms with Crippen LogP contribution in [0, 0.1) is 28.5 Å². The fourth-order valence-corrected chi connectivity index (χ4v) is 6.15. The normalized spacial score (nSPS) is 40.5. The zero-order chi connectivity index (χ0) is 14.8. The average Bonchev–Trinajstić information content (AvgIpc) is 2.38. The van der Waals surface area contributed by atoms with E-state index in [1.165, 1.54) is 37.5 Å². The van der Waals surface area contributed by atoms with E-state index in [9.17, 15) is 9.18 Å². The van der Waals surface area contributed by atoms with E-state index >= 15 is 0 Å². The summed E-state index contributed by atoms with van der Waals surface area (Å²) in [5.74, 6) is 1.06. The first kappa shape index (κ1) is 13.8. The maximum absolute atomic E-state index is 13.5. The van der Waals surface area contributed by atoms with Gasteiger partial charge in [0.25, 0.3) is 0 Å². The van der Waals surface area contributed by atoms with Gasteiger partial charge in [0.05, 0.1) is 5.02 Å². The summed E-state index contributed by atoms with van der Waals surface area (Å²) in [7, 11) is 0. The van der Waals surface area contributed by atoms with Gasteiger partial charge in [-0.3, -0.25) is 4.79 Å². The number of carbonyl (C=O) groups is 1. The zero-order valence-corrected chi connectivity index (χ0v) is 13.0. The van der Waals surface area contributed by atoms with Gasteiger partial charge >= 0.3 is 0 Å². The van der Waals surface area contributed by atoms with Crippen LogP contribution < -0.4 is 0 Å². The Hall–Kier alpha value is -0.890. The van der Waals surface area contributed by atoms with Crippen LogP contribution in [0.15, 0.2) is 18.2 Å². The SMILES string of the molecule is CC12CC3CC(C1)CC(C(=O)c1cc(F)ccc1Cl)(C3)C2. The molecule has 1 nitrogen and oxygen atoms in total. The zero-order valence-electron chi connectivity index (χ0n) is 12.3. The fourth-order valence-electron chi connectivity index (χ4n) is 5.94. The summed E-state index contributed by atoms with van der Waals surface area (Å²) in [6, 6.07) is 4.15. The summed E-state index contributed by atoms with van der Waals surface area (Å²) >= 11 is 6.18. The highest BCUT2D eigenvalue weighted by molar-refractivity contribution is 6.34. The van der Waals surface area contributed by atoms with Crippen LogP contribution in [0.2, 0.25) is 5.02 Å². The minimum absolute atomic E-state index is 0.0901. The van der Waals surface area contributed by atoms with Gasteiger partial charge in [0.15, 0.2) is 5.78 Å². The first-order valence-electron chi connectivity index (χ1n) is 7.89. The summed E-state index contributed by atoms with van der Waals surface area (Å²) in [5.41, 5.74) is 0.415. The summed E-state index contributed by atoms with van der Waals surface area (Å²) in [6.45, 7) is 2.33. The predicted molar refractivity (Wildman–Crippen MR) is 81.0 cm³/mol. The monoisotopic (exact) mass is 306 g/mol. The molecule has 2 unspecified atom stereocenters. The third-order valence-electron chi connectivity index (χ3n) is 6.01. The Morgan fingerprint density at radius 2 is 1.90 bits per heavy atom. The number of halogens is 2. The van der Waals surface area contributed by atoms with E-state index in [1.54, 1.807) is 0 Å². The molecule has 0 amide bonds. The van der Waals surface area contributed by atoms with Crippen molar-refractivity contribution in [3.05, 3.63) is 34.6 Å². The second kappa shape index (κ2) is 4.32. The largest absolute Gasteiger partial charge is 0.293 e. The molecule has 0 aromatic heterocycles. The molecule has 1 aromatic carbocycles. The molecule has 2 atom stereocenters. The topological polar surface area (TPSA) is 17.1 Å². The van der Waals surface area contributed by atoms with E-state index in [4.69, 9.17) is 11.6 Å². The number of benzene rings is 1. The van der Waals surface area contributed by atoms with Gasteiger partial charge in [0, 0.05) is 11.0 Å². The molecular formula is C18H20ClFO. The molecule has 3 heteroatoms. The molecule has 4 saturated carbocycles. The lowest BCUT2D eigenvalue weighted by atomic mass is 9.43. The second-order valence-electron chi connectivity index (χ2n) is 8.01. The molecule has 0 saturated heterocycles. The summed E-state index contributed by atoms with van der Waals surface area (Å²) < 4.78 is 13.5. The molecule has 0 aliphatic heterocycles. The number of Topliss-reactive ketones (excluding diaryl/α,β-unsaturated/α-hetero) is 1. The van der Waals surface area contributed by atoms with Crippen molar-refractivity contribution in [2.75, 3.05) is 0 Å². The molecule has 4 aliphatic rings. The molecule has 0 heterocycles. The van der Waals surface area contributed by atoms with Crippen molar-refractivity contribution in [1.29, 1.82) is 0 Å². The average molecular weight is 307 g/mol. The summed E-state index contributed by atoms with van der Waals surface area (Å²) in [5, 5.41) is 0.391. The van der Waals surface area contributed by atoms with Crippen molar-refractivity contribution in [1.82, 2.24) is 0 Å². The van der Waals surface area contributed by atoms with Gasteiger partial charge in [-0.1, -0.05) is 18.5 Å². The van der Waals surface area contributed by atoms with Crippen LogP contribution in [0.1, 0.15) is 55.8 Å². The third-order valence-corrected chi connectivity index (χ3v) is 6.34. The maximum atomic E-state index is 13.5. The molecule has 0 spiro atoms. The Kier molecular flexibility index (Phi) is 2.83. The van der Waals surface area contributed by atoms with Crippen LogP contribution in [-0.4, -0.2) is 5.78 Å². The van der Waals surface area contributed by atoms with Gasteiger partial charge in [0.2, 0.25) is 0 Å². The Morgan fingerprint density at radius 3 is 2.52 bits per heavy atom. The highest BCUT2D eigenvalue weighted by atomic mass is 35.5. The second-order valence-corrected chi connectivity index (χ2v) is 8.41. The van der Waals surface area contributed by atoms with E-state index in [1.807, 2.05) is 0 Å². The van der Waals surface area contributed by atoms with Crippen LogP contribution in [0.3, 0.4) is 0 Å². The van der Waals surface area contributed by atoms with Crippen LogP contribution in [0.25, 0.3) is 0 Å². The van der Waals surface area contributed by atoms with E-state index in [0.717, 1.165) is 19.3 Å². The molecule has 112 valence electrons. The van der Waals surface area contributed by atoms with Crippen LogP contribution in [0.5, 0.6) is 0 Å². The number of carbonyl (C=O) groups excluding carboxylic acids is 1. The standard InChI is InChI=1S/C18H20ClFO/c1-17-6-11-4-12(7-17)9-18(8-11,10-17)16(21)14-5-13(20)2-3-15(14)19/h2-3,5,11-12H,4,6-10H2,1H3. The van der Waals surface area contributed by atoms with E-state index < -0.39 is 0 Å². The van der Waals surface area contributed by atoms with Gasteiger partial charge in [-0.2, -0.15) is 0 Å². The number of hydrogen-bond acceptors (Lipinski definition) is 1. The van der Waals surface area contributed by atoms with Gasteiger partial charge in [-0.05, 0) is 74.0 Å². The third kappa shape index (κ3) is 2.06. The fraction of sp³-hybridized carbons (Fsp3) is 0.611. The van der Waals surface area contributed by atoms with Crippen molar-refractivity contribution in [2.45, 2.75) is 45.4 Å². The van der Waals surface area contributed by atoms with Crippen LogP contribution >= 0.6 is 11.6 Å².